The van der Waals surface area contributed by atoms with Gasteiger partial charge in [0.15, 0.2) is 6.29 Å². The highest BCUT2D eigenvalue weighted by Gasteiger charge is 2.19. The molecule has 2 heterocycles. The van der Waals surface area contributed by atoms with E-state index in [0.29, 0.717) is 30.8 Å². The summed E-state index contributed by atoms with van der Waals surface area (Å²) in [6, 6.07) is 25.2. The Bertz CT molecular complexity index is 1110. The molecule has 2 aromatic carbocycles. The minimum Gasteiger partial charge on any atom is -0.347 e. The van der Waals surface area contributed by atoms with Crippen molar-refractivity contribution in [3.05, 3.63) is 112 Å². The maximum absolute atomic E-state index is 12.9. The lowest BCUT2D eigenvalue weighted by atomic mass is 10.1. The summed E-state index contributed by atoms with van der Waals surface area (Å²) >= 11 is 0. The van der Waals surface area contributed by atoms with Crippen molar-refractivity contribution in [1.29, 1.82) is 0 Å². The highest BCUT2D eigenvalue weighted by Crippen LogP contribution is 2.21. The Morgan fingerprint density at radius 3 is 1.96 bits per heavy atom. The zero-order chi connectivity index (χ0) is 19.3. The maximum Gasteiger partial charge on any atom is 0.270 e. The minimum atomic E-state index is -0.360. The van der Waals surface area contributed by atoms with Crippen LogP contribution in [0, 0.1) is 0 Å². The lowest BCUT2D eigenvalue weighted by molar-refractivity contribution is 0.112. The number of hydrogen-bond acceptors (Lipinski definition) is 4. The molecule has 0 aliphatic heterocycles. The van der Waals surface area contributed by atoms with Crippen molar-refractivity contribution in [2.75, 3.05) is 4.90 Å². The van der Waals surface area contributed by atoms with Gasteiger partial charge < -0.3 is 4.90 Å². The van der Waals surface area contributed by atoms with Gasteiger partial charge in [0.05, 0.1) is 0 Å². The number of hydrogen-bond donors (Lipinski definition) is 0. The molecule has 0 aliphatic rings. The fraction of sp³-hybridized carbons (Fsp3) is 0.0870. The van der Waals surface area contributed by atoms with Gasteiger partial charge in [0.25, 0.3) is 5.56 Å². The summed E-state index contributed by atoms with van der Waals surface area (Å²) in [6.07, 6.45) is 2.23. The van der Waals surface area contributed by atoms with Gasteiger partial charge in [0.2, 0.25) is 0 Å². The number of anilines is 1. The predicted molar refractivity (Wildman–Crippen MR) is 110 cm³/mol. The zero-order valence-corrected chi connectivity index (χ0v) is 15.2. The normalized spacial score (nSPS) is 10.7. The summed E-state index contributed by atoms with van der Waals surface area (Å²) in [6.45, 7) is 1.07. The van der Waals surface area contributed by atoms with E-state index in [0.717, 1.165) is 11.1 Å². The Kier molecular flexibility index (Phi) is 4.97. The second-order valence-electron chi connectivity index (χ2n) is 6.53. The first kappa shape index (κ1) is 17.7. The lowest BCUT2D eigenvalue weighted by Gasteiger charge is -2.25. The van der Waals surface area contributed by atoms with Crippen LogP contribution in [-0.4, -0.2) is 15.7 Å². The number of aldehydes is 1. The fourth-order valence-corrected chi connectivity index (χ4v) is 3.25. The van der Waals surface area contributed by atoms with E-state index in [-0.39, 0.29) is 11.1 Å². The molecule has 0 saturated carbocycles. The third-order valence-corrected chi connectivity index (χ3v) is 4.60. The second-order valence-corrected chi connectivity index (χ2v) is 6.53. The third kappa shape index (κ3) is 3.55. The van der Waals surface area contributed by atoms with E-state index in [4.69, 9.17) is 0 Å². The van der Waals surface area contributed by atoms with Crippen LogP contribution >= 0.6 is 0 Å². The van der Waals surface area contributed by atoms with Crippen LogP contribution in [0.5, 0.6) is 0 Å². The lowest BCUT2D eigenvalue weighted by Crippen LogP contribution is -2.29. The van der Waals surface area contributed by atoms with Crippen LogP contribution in [0.3, 0.4) is 0 Å². The van der Waals surface area contributed by atoms with E-state index in [1.54, 1.807) is 18.3 Å². The molecule has 0 unspecified atom stereocenters. The first-order chi connectivity index (χ1) is 13.8. The Labute approximate surface area is 162 Å². The molecule has 2 aromatic heterocycles. The summed E-state index contributed by atoms with van der Waals surface area (Å²) < 4.78 is 1.40. The molecule has 0 amide bonds. The summed E-state index contributed by atoms with van der Waals surface area (Å²) in [7, 11) is 0. The first-order valence-corrected chi connectivity index (χ1v) is 9.05. The van der Waals surface area contributed by atoms with E-state index in [9.17, 15) is 9.59 Å². The van der Waals surface area contributed by atoms with Crippen molar-refractivity contribution in [3.8, 4) is 0 Å². The standard InChI is InChI=1S/C23H19N3O2/c27-17-20-22(24-21-13-7-8-14-26(21)23(20)28)25(15-18-9-3-1-4-10-18)16-19-11-5-2-6-12-19/h1-14,17H,15-16H2. The van der Waals surface area contributed by atoms with Gasteiger partial charge in [-0.15, -0.1) is 0 Å². The van der Waals surface area contributed by atoms with Crippen molar-refractivity contribution in [2.24, 2.45) is 0 Å². The number of carbonyl (C=O) groups excluding carboxylic acids is 1. The Balaban J connectivity index is 1.85. The molecular weight excluding hydrogens is 350 g/mol. The van der Waals surface area contributed by atoms with E-state index >= 15 is 0 Å². The van der Waals surface area contributed by atoms with Gasteiger partial charge in [0, 0.05) is 19.3 Å². The third-order valence-electron chi connectivity index (χ3n) is 4.60. The summed E-state index contributed by atoms with van der Waals surface area (Å²) in [4.78, 5) is 31.3. The molecule has 28 heavy (non-hydrogen) atoms. The molecule has 4 aromatic rings. The summed E-state index contributed by atoms with van der Waals surface area (Å²) in [5.74, 6) is 0.402. The second kappa shape index (κ2) is 7.88. The Morgan fingerprint density at radius 2 is 1.39 bits per heavy atom. The molecule has 5 nitrogen and oxygen atoms in total. The number of aromatic nitrogens is 2. The minimum absolute atomic E-state index is 0.0653. The van der Waals surface area contributed by atoms with Gasteiger partial charge in [-0.3, -0.25) is 14.0 Å². The average Bonchev–Trinajstić information content (AvgIpc) is 2.75. The van der Waals surface area contributed by atoms with Crippen LogP contribution in [-0.2, 0) is 13.1 Å². The largest absolute Gasteiger partial charge is 0.347 e. The quantitative estimate of drug-likeness (QED) is 0.486. The number of carbonyl (C=O) groups is 1. The summed E-state index contributed by atoms with van der Waals surface area (Å²) in [5, 5.41) is 0. The number of pyridine rings is 1. The van der Waals surface area contributed by atoms with Gasteiger partial charge >= 0.3 is 0 Å². The topological polar surface area (TPSA) is 54.7 Å². The smallest absolute Gasteiger partial charge is 0.270 e. The predicted octanol–water partition coefficient (Wildman–Crippen LogP) is 3.71. The van der Waals surface area contributed by atoms with Crippen molar-refractivity contribution in [1.82, 2.24) is 9.38 Å². The maximum atomic E-state index is 12.9. The van der Waals surface area contributed by atoms with E-state index in [1.165, 1.54) is 4.40 Å². The van der Waals surface area contributed by atoms with E-state index < -0.39 is 0 Å². The van der Waals surface area contributed by atoms with Crippen LogP contribution in [0.1, 0.15) is 21.5 Å². The van der Waals surface area contributed by atoms with Crippen molar-refractivity contribution in [2.45, 2.75) is 13.1 Å². The number of nitrogens with zero attached hydrogens (tertiary/aromatic N) is 3. The van der Waals surface area contributed by atoms with Crippen LogP contribution in [0.2, 0.25) is 0 Å². The molecule has 0 aliphatic carbocycles. The molecule has 0 saturated heterocycles. The molecule has 0 atom stereocenters. The van der Waals surface area contributed by atoms with Gasteiger partial charge in [-0.2, -0.15) is 0 Å². The average molecular weight is 369 g/mol. The molecule has 138 valence electrons. The Hall–Kier alpha value is -3.73. The van der Waals surface area contributed by atoms with Crippen LogP contribution in [0.15, 0.2) is 89.9 Å². The van der Waals surface area contributed by atoms with Crippen molar-refractivity contribution in [3.63, 3.8) is 0 Å². The van der Waals surface area contributed by atoms with Gasteiger partial charge in [-0.25, -0.2) is 4.98 Å². The van der Waals surface area contributed by atoms with E-state index in [1.807, 2.05) is 71.6 Å². The molecular formula is C23H19N3O2. The van der Waals surface area contributed by atoms with Crippen molar-refractivity contribution >= 4 is 17.8 Å². The monoisotopic (exact) mass is 369 g/mol. The first-order valence-electron chi connectivity index (χ1n) is 9.05. The van der Waals surface area contributed by atoms with Crippen LogP contribution in [0.4, 0.5) is 5.82 Å². The van der Waals surface area contributed by atoms with Gasteiger partial charge in [0.1, 0.15) is 17.0 Å². The molecule has 0 radical (unpaired) electrons. The number of benzene rings is 2. The highest BCUT2D eigenvalue weighted by molar-refractivity contribution is 5.83. The zero-order valence-electron chi connectivity index (χ0n) is 15.2. The number of fused-ring (bicyclic) bond motifs is 1. The SMILES string of the molecule is O=Cc1c(N(Cc2ccccc2)Cc2ccccc2)nc2ccccn2c1=O. The Morgan fingerprint density at radius 1 is 0.821 bits per heavy atom. The highest BCUT2D eigenvalue weighted by atomic mass is 16.1. The number of rotatable bonds is 6. The molecule has 4 rings (SSSR count). The molecule has 5 heteroatoms. The molecule has 0 bridgehead atoms. The molecule has 0 fully saturated rings. The fourth-order valence-electron chi connectivity index (χ4n) is 3.25. The molecule has 0 spiro atoms. The summed E-state index contributed by atoms with van der Waals surface area (Å²) in [5.41, 5.74) is 2.37. The van der Waals surface area contributed by atoms with E-state index in [2.05, 4.69) is 4.98 Å². The van der Waals surface area contributed by atoms with Crippen LogP contribution < -0.4 is 10.5 Å². The van der Waals surface area contributed by atoms with Gasteiger partial charge in [-0.05, 0) is 23.3 Å². The molecule has 0 N–H and O–H groups in total. The van der Waals surface area contributed by atoms with Crippen molar-refractivity contribution < 1.29 is 4.79 Å². The van der Waals surface area contributed by atoms with Gasteiger partial charge in [-0.1, -0.05) is 66.7 Å². The van der Waals surface area contributed by atoms with Crippen LogP contribution in [0.25, 0.3) is 5.65 Å².